The highest BCUT2D eigenvalue weighted by Gasteiger charge is 2.16. The molecule has 2 aromatic carbocycles. The normalized spacial score (nSPS) is 10.9. The van der Waals surface area contributed by atoms with Gasteiger partial charge in [0.2, 0.25) is 5.91 Å². The number of nitrogens with one attached hydrogen (secondary N) is 2. The summed E-state index contributed by atoms with van der Waals surface area (Å²) in [5.74, 6) is -0.541. The molecule has 0 radical (unpaired) electrons. The molecule has 29 heavy (non-hydrogen) atoms. The Morgan fingerprint density at radius 3 is 2.21 bits per heavy atom. The van der Waals surface area contributed by atoms with E-state index in [1.165, 1.54) is 12.1 Å². The maximum absolute atomic E-state index is 12.2. The van der Waals surface area contributed by atoms with Gasteiger partial charge in [0.25, 0.3) is 0 Å². The number of benzene rings is 2. The van der Waals surface area contributed by atoms with Crippen LogP contribution in [-0.4, -0.2) is 39.4 Å². The molecule has 156 valence electrons. The molecule has 0 saturated heterocycles. The smallest absolute Gasteiger partial charge is 0.407 e. The second-order valence-electron chi connectivity index (χ2n) is 6.39. The van der Waals surface area contributed by atoms with Gasteiger partial charge in [-0.1, -0.05) is 42.5 Å². The van der Waals surface area contributed by atoms with Crippen LogP contribution in [0.2, 0.25) is 0 Å². The maximum Gasteiger partial charge on any atom is 0.407 e. The molecular weight excluding hydrogens is 392 g/mol. The number of carbonyl (C=O) groups is 2. The number of aryl methyl sites for hydroxylation is 1. The average Bonchev–Trinajstić information content (AvgIpc) is 2.72. The van der Waals surface area contributed by atoms with Crippen LogP contribution >= 0.6 is 0 Å². The van der Waals surface area contributed by atoms with Gasteiger partial charge in [0.05, 0.1) is 11.5 Å². The standard InChI is InChI=1S/C21H26N2O5S/c1-2-28-21(25)23-16-29(26,27)19-11-8-18(9-12-19)14-15-22-20(24)13-10-17-6-4-3-5-7-17/h3-9,11-12H,2,10,13-16H2,1H3,(H,22,24)(H,23,25). The Balaban J connectivity index is 1.75. The second kappa shape index (κ2) is 11.2. The van der Waals surface area contributed by atoms with Crippen LogP contribution in [0.25, 0.3) is 0 Å². The lowest BCUT2D eigenvalue weighted by atomic mass is 10.1. The fourth-order valence-electron chi connectivity index (χ4n) is 2.62. The van der Waals surface area contributed by atoms with E-state index in [-0.39, 0.29) is 17.4 Å². The zero-order valence-electron chi connectivity index (χ0n) is 16.4. The molecule has 2 N–H and O–H groups in total. The zero-order chi connectivity index (χ0) is 21.1. The van der Waals surface area contributed by atoms with E-state index < -0.39 is 21.8 Å². The van der Waals surface area contributed by atoms with Gasteiger partial charge in [-0.25, -0.2) is 13.2 Å². The molecule has 0 unspecified atom stereocenters. The molecule has 8 heteroatoms. The van der Waals surface area contributed by atoms with Crippen LogP contribution in [0.3, 0.4) is 0 Å². The average molecular weight is 419 g/mol. The Morgan fingerprint density at radius 1 is 0.897 bits per heavy atom. The fraction of sp³-hybridized carbons (Fsp3) is 0.333. The van der Waals surface area contributed by atoms with E-state index in [2.05, 4.69) is 15.4 Å². The summed E-state index contributed by atoms with van der Waals surface area (Å²) in [6.07, 6.45) is 0.947. The largest absolute Gasteiger partial charge is 0.450 e. The topological polar surface area (TPSA) is 102 Å². The van der Waals surface area contributed by atoms with E-state index in [0.29, 0.717) is 25.8 Å². The van der Waals surface area contributed by atoms with Gasteiger partial charge in [-0.15, -0.1) is 0 Å². The van der Waals surface area contributed by atoms with Crippen molar-refractivity contribution in [1.29, 1.82) is 0 Å². The first kappa shape index (κ1) is 22.4. The number of rotatable bonds is 10. The summed E-state index contributed by atoms with van der Waals surface area (Å²) < 4.78 is 29.1. The van der Waals surface area contributed by atoms with Crippen LogP contribution in [0.1, 0.15) is 24.5 Å². The molecule has 0 aliphatic heterocycles. The predicted molar refractivity (Wildman–Crippen MR) is 110 cm³/mol. The molecule has 0 spiro atoms. The highest BCUT2D eigenvalue weighted by Crippen LogP contribution is 2.12. The minimum atomic E-state index is -3.64. The molecule has 2 rings (SSSR count). The monoisotopic (exact) mass is 418 g/mol. The van der Waals surface area contributed by atoms with E-state index in [0.717, 1.165) is 11.1 Å². The number of carbonyl (C=O) groups excluding carboxylic acids is 2. The van der Waals surface area contributed by atoms with E-state index in [1.807, 2.05) is 30.3 Å². The molecule has 0 aromatic heterocycles. The molecule has 0 fully saturated rings. The van der Waals surface area contributed by atoms with Crippen LogP contribution in [0.5, 0.6) is 0 Å². The lowest BCUT2D eigenvalue weighted by molar-refractivity contribution is -0.121. The predicted octanol–water partition coefficient (Wildman–Crippen LogP) is 2.46. The molecule has 0 aliphatic carbocycles. The highest BCUT2D eigenvalue weighted by atomic mass is 32.2. The Bertz CT molecular complexity index is 896. The van der Waals surface area contributed by atoms with Gasteiger partial charge < -0.3 is 15.4 Å². The van der Waals surface area contributed by atoms with Gasteiger partial charge in [-0.3, -0.25) is 4.79 Å². The molecule has 0 atom stereocenters. The van der Waals surface area contributed by atoms with Crippen molar-refractivity contribution in [3.05, 3.63) is 65.7 Å². The minimum absolute atomic E-state index is 0.0157. The van der Waals surface area contributed by atoms with Crippen molar-refractivity contribution >= 4 is 21.8 Å². The van der Waals surface area contributed by atoms with Crippen molar-refractivity contribution < 1.29 is 22.7 Å². The van der Waals surface area contributed by atoms with Crippen LogP contribution in [-0.2, 0) is 32.2 Å². The van der Waals surface area contributed by atoms with E-state index in [1.54, 1.807) is 19.1 Å². The third-order valence-corrected chi connectivity index (χ3v) is 5.70. The van der Waals surface area contributed by atoms with Gasteiger partial charge in [-0.05, 0) is 43.0 Å². The Hall–Kier alpha value is -2.87. The van der Waals surface area contributed by atoms with E-state index in [9.17, 15) is 18.0 Å². The maximum atomic E-state index is 12.2. The summed E-state index contributed by atoms with van der Waals surface area (Å²) in [4.78, 5) is 23.3. The fourth-order valence-corrected chi connectivity index (χ4v) is 3.65. The van der Waals surface area contributed by atoms with Crippen molar-refractivity contribution in [3.8, 4) is 0 Å². The highest BCUT2D eigenvalue weighted by molar-refractivity contribution is 7.91. The van der Waals surface area contributed by atoms with Crippen LogP contribution < -0.4 is 10.6 Å². The lowest BCUT2D eigenvalue weighted by Gasteiger charge is -2.08. The molecule has 0 bridgehead atoms. The minimum Gasteiger partial charge on any atom is -0.450 e. The van der Waals surface area contributed by atoms with Gasteiger partial charge in [0.1, 0.15) is 5.88 Å². The molecular formula is C21H26N2O5S. The van der Waals surface area contributed by atoms with Crippen LogP contribution in [0.4, 0.5) is 4.79 Å². The molecule has 0 heterocycles. The summed E-state index contributed by atoms with van der Waals surface area (Å²) in [5, 5.41) is 5.08. The van der Waals surface area contributed by atoms with Crippen LogP contribution in [0, 0.1) is 0 Å². The molecule has 7 nitrogen and oxygen atoms in total. The number of sulfone groups is 1. The SMILES string of the molecule is CCOC(=O)NCS(=O)(=O)c1ccc(CCNC(=O)CCc2ccccc2)cc1. The molecule has 2 amide bonds. The number of alkyl carbamates (subject to hydrolysis) is 1. The second-order valence-corrected chi connectivity index (χ2v) is 8.38. The first-order chi connectivity index (χ1) is 13.9. The Morgan fingerprint density at radius 2 is 1.55 bits per heavy atom. The third-order valence-electron chi connectivity index (χ3n) is 4.18. The number of ether oxygens (including phenoxy) is 1. The first-order valence-corrected chi connectivity index (χ1v) is 11.1. The third kappa shape index (κ3) is 7.95. The van der Waals surface area contributed by atoms with Gasteiger partial charge >= 0.3 is 6.09 Å². The van der Waals surface area contributed by atoms with Gasteiger partial charge in [0, 0.05) is 13.0 Å². The van der Waals surface area contributed by atoms with Gasteiger partial charge in [0.15, 0.2) is 9.84 Å². The first-order valence-electron chi connectivity index (χ1n) is 9.43. The zero-order valence-corrected chi connectivity index (χ0v) is 17.2. The molecule has 2 aromatic rings. The van der Waals surface area contributed by atoms with Crippen molar-refractivity contribution in [2.75, 3.05) is 19.0 Å². The molecule has 0 aliphatic rings. The van der Waals surface area contributed by atoms with E-state index >= 15 is 0 Å². The van der Waals surface area contributed by atoms with Gasteiger partial charge in [-0.2, -0.15) is 0 Å². The summed E-state index contributed by atoms with van der Waals surface area (Å²) in [6.45, 7) is 2.28. The quantitative estimate of drug-likeness (QED) is 0.617. The van der Waals surface area contributed by atoms with Crippen molar-refractivity contribution in [3.63, 3.8) is 0 Å². The van der Waals surface area contributed by atoms with E-state index in [4.69, 9.17) is 0 Å². The summed E-state index contributed by atoms with van der Waals surface area (Å²) in [7, 11) is -3.64. The number of hydrogen-bond acceptors (Lipinski definition) is 5. The number of amides is 2. The van der Waals surface area contributed by atoms with Crippen LogP contribution in [0.15, 0.2) is 59.5 Å². The Kier molecular flexibility index (Phi) is 8.67. The van der Waals surface area contributed by atoms with Crippen molar-refractivity contribution in [2.45, 2.75) is 31.1 Å². The van der Waals surface area contributed by atoms with Crippen molar-refractivity contribution in [2.24, 2.45) is 0 Å². The van der Waals surface area contributed by atoms with Crippen molar-refractivity contribution in [1.82, 2.24) is 10.6 Å². The summed E-state index contributed by atoms with van der Waals surface area (Å²) in [6, 6.07) is 16.2. The lowest BCUT2D eigenvalue weighted by Crippen LogP contribution is -2.30. The molecule has 0 saturated carbocycles. The Labute approximate surface area is 171 Å². The number of hydrogen-bond donors (Lipinski definition) is 2. The summed E-state index contributed by atoms with van der Waals surface area (Å²) >= 11 is 0. The summed E-state index contributed by atoms with van der Waals surface area (Å²) in [5.41, 5.74) is 2.03.